The summed E-state index contributed by atoms with van der Waals surface area (Å²) in [7, 11) is 0. The number of hydrogen-bond donors (Lipinski definition) is 1. The number of hydrogen-bond acceptors (Lipinski definition) is 2. The molecule has 1 N–H and O–H groups in total. The van der Waals surface area contributed by atoms with Crippen LogP contribution >= 0.6 is 27.3 Å². The minimum absolute atomic E-state index is 0.187. The van der Waals surface area contributed by atoms with Gasteiger partial charge >= 0.3 is 0 Å². The van der Waals surface area contributed by atoms with E-state index in [4.69, 9.17) is 0 Å². The normalized spacial score (nSPS) is 10.8. The molecular weight excluding hydrogens is 301 g/mol. The van der Waals surface area contributed by atoms with Gasteiger partial charge in [0.15, 0.2) is 0 Å². The minimum atomic E-state index is -0.187. The maximum absolute atomic E-state index is 13.3. The van der Waals surface area contributed by atoms with E-state index < -0.39 is 0 Å². The molecule has 0 atom stereocenters. The Labute approximate surface area is 113 Å². The highest BCUT2D eigenvalue weighted by Crippen LogP contribution is 2.34. The summed E-state index contributed by atoms with van der Waals surface area (Å²) in [4.78, 5) is 0. The summed E-state index contributed by atoms with van der Waals surface area (Å²) in [5.74, 6) is -0.187. The van der Waals surface area contributed by atoms with E-state index in [-0.39, 0.29) is 5.82 Å². The van der Waals surface area contributed by atoms with Crippen LogP contribution in [0.15, 0.2) is 33.4 Å². The van der Waals surface area contributed by atoms with E-state index in [9.17, 15) is 4.39 Å². The average molecular weight is 314 g/mol. The molecule has 0 unspecified atom stereocenters. The van der Waals surface area contributed by atoms with Crippen LogP contribution in [-0.2, 0) is 6.54 Å². The number of rotatable bonds is 4. The summed E-state index contributed by atoms with van der Waals surface area (Å²) in [6.07, 6.45) is 0. The Morgan fingerprint density at radius 1 is 1.29 bits per heavy atom. The Morgan fingerprint density at radius 3 is 2.76 bits per heavy atom. The van der Waals surface area contributed by atoms with E-state index in [1.54, 1.807) is 17.4 Å². The van der Waals surface area contributed by atoms with Crippen LogP contribution < -0.4 is 5.32 Å². The van der Waals surface area contributed by atoms with Crippen molar-refractivity contribution in [3.05, 3.63) is 44.8 Å². The molecule has 0 spiro atoms. The fourth-order valence-corrected chi connectivity index (χ4v) is 3.21. The summed E-state index contributed by atoms with van der Waals surface area (Å²) in [6, 6.07) is 4.95. The molecule has 1 aromatic heterocycles. The molecule has 90 valence electrons. The van der Waals surface area contributed by atoms with Gasteiger partial charge in [0, 0.05) is 22.0 Å². The van der Waals surface area contributed by atoms with Gasteiger partial charge in [-0.25, -0.2) is 4.39 Å². The summed E-state index contributed by atoms with van der Waals surface area (Å²) in [5.41, 5.74) is 3.20. The van der Waals surface area contributed by atoms with Gasteiger partial charge in [-0.15, -0.1) is 0 Å². The van der Waals surface area contributed by atoms with Gasteiger partial charge in [0.25, 0.3) is 0 Å². The third kappa shape index (κ3) is 2.94. The Bertz CT molecular complexity index is 510. The number of halogens is 2. The van der Waals surface area contributed by atoms with Gasteiger partial charge in [-0.3, -0.25) is 0 Å². The van der Waals surface area contributed by atoms with E-state index in [0.717, 1.165) is 27.7 Å². The van der Waals surface area contributed by atoms with Crippen molar-refractivity contribution >= 4 is 27.3 Å². The molecule has 2 rings (SSSR count). The number of benzene rings is 1. The van der Waals surface area contributed by atoms with E-state index in [1.165, 1.54) is 6.07 Å². The zero-order valence-electron chi connectivity index (χ0n) is 9.47. The summed E-state index contributed by atoms with van der Waals surface area (Å²) in [6.45, 7) is 3.60. The van der Waals surface area contributed by atoms with Crippen LogP contribution in [0, 0.1) is 5.82 Å². The third-order valence-electron chi connectivity index (χ3n) is 2.54. The molecule has 0 saturated carbocycles. The lowest BCUT2D eigenvalue weighted by Gasteiger charge is -2.09. The molecule has 1 heterocycles. The van der Waals surface area contributed by atoms with Crippen LogP contribution in [0.4, 0.5) is 4.39 Å². The van der Waals surface area contributed by atoms with Gasteiger partial charge in [0.2, 0.25) is 0 Å². The highest BCUT2D eigenvalue weighted by Gasteiger charge is 2.10. The summed E-state index contributed by atoms with van der Waals surface area (Å²) >= 11 is 5.16. The fourth-order valence-electron chi connectivity index (χ4n) is 1.70. The van der Waals surface area contributed by atoms with Gasteiger partial charge in [0.1, 0.15) is 5.82 Å². The Balaban J connectivity index is 2.42. The fraction of sp³-hybridized carbons (Fsp3) is 0.231. The van der Waals surface area contributed by atoms with Gasteiger partial charge in [-0.05, 0) is 51.1 Å². The second-order valence-electron chi connectivity index (χ2n) is 3.72. The lowest BCUT2D eigenvalue weighted by atomic mass is 10.0. The molecular formula is C13H13BrFNS. The first-order valence-corrected chi connectivity index (χ1v) is 7.17. The molecule has 2 aromatic rings. The van der Waals surface area contributed by atoms with Crippen molar-refractivity contribution in [2.75, 3.05) is 6.54 Å². The molecule has 0 radical (unpaired) electrons. The van der Waals surface area contributed by atoms with Gasteiger partial charge < -0.3 is 5.32 Å². The molecule has 17 heavy (non-hydrogen) atoms. The molecule has 4 heteroatoms. The Kier molecular flexibility index (Phi) is 4.31. The predicted octanol–water partition coefficient (Wildman–Crippen LogP) is 4.43. The molecule has 0 fully saturated rings. The first kappa shape index (κ1) is 12.7. The van der Waals surface area contributed by atoms with Crippen LogP contribution in [0.5, 0.6) is 0 Å². The van der Waals surface area contributed by atoms with Crippen LogP contribution in [0.1, 0.15) is 12.5 Å². The smallest absolute Gasteiger partial charge is 0.123 e. The van der Waals surface area contributed by atoms with Crippen LogP contribution in [-0.4, -0.2) is 6.54 Å². The summed E-state index contributed by atoms with van der Waals surface area (Å²) < 4.78 is 14.3. The van der Waals surface area contributed by atoms with Crippen molar-refractivity contribution in [2.24, 2.45) is 0 Å². The topological polar surface area (TPSA) is 12.0 Å². The molecule has 1 nitrogen and oxygen atoms in total. The van der Waals surface area contributed by atoms with Crippen LogP contribution in [0.3, 0.4) is 0 Å². The molecule has 0 aliphatic heterocycles. The third-order valence-corrected chi connectivity index (χ3v) is 4.24. The van der Waals surface area contributed by atoms with Crippen molar-refractivity contribution in [3.8, 4) is 11.1 Å². The number of thiophene rings is 1. The first-order valence-electron chi connectivity index (χ1n) is 5.43. The molecule has 0 aliphatic carbocycles. The lowest BCUT2D eigenvalue weighted by Crippen LogP contribution is -2.12. The maximum atomic E-state index is 13.3. The van der Waals surface area contributed by atoms with Gasteiger partial charge in [-0.1, -0.05) is 13.0 Å². The highest BCUT2D eigenvalue weighted by atomic mass is 79.9. The van der Waals surface area contributed by atoms with Crippen molar-refractivity contribution in [1.29, 1.82) is 0 Å². The minimum Gasteiger partial charge on any atom is -0.313 e. The maximum Gasteiger partial charge on any atom is 0.123 e. The summed E-state index contributed by atoms with van der Waals surface area (Å²) in [5, 5.41) is 7.35. The molecule has 0 bridgehead atoms. The number of nitrogens with one attached hydrogen (secondary N) is 1. The monoisotopic (exact) mass is 313 g/mol. The zero-order chi connectivity index (χ0) is 12.3. The SMILES string of the molecule is CCNCc1cc(F)ccc1-c1cscc1Br. The Morgan fingerprint density at radius 2 is 2.12 bits per heavy atom. The van der Waals surface area contributed by atoms with Gasteiger partial charge in [0.05, 0.1) is 0 Å². The standard InChI is InChI=1S/C13H13BrFNS/c1-2-16-6-9-5-10(15)3-4-11(9)12-7-17-8-13(12)14/h3-5,7-8,16H,2,6H2,1H3. The zero-order valence-corrected chi connectivity index (χ0v) is 11.9. The quantitative estimate of drug-likeness (QED) is 0.880. The van der Waals surface area contributed by atoms with Crippen molar-refractivity contribution in [1.82, 2.24) is 5.32 Å². The molecule has 0 aliphatic rings. The van der Waals surface area contributed by atoms with E-state index in [0.29, 0.717) is 6.54 Å². The second kappa shape index (κ2) is 5.76. The second-order valence-corrected chi connectivity index (χ2v) is 5.31. The van der Waals surface area contributed by atoms with Crippen LogP contribution in [0.2, 0.25) is 0 Å². The Hall–Kier alpha value is -0.710. The average Bonchev–Trinajstić information content (AvgIpc) is 2.73. The lowest BCUT2D eigenvalue weighted by molar-refractivity contribution is 0.622. The highest BCUT2D eigenvalue weighted by molar-refractivity contribution is 9.10. The van der Waals surface area contributed by atoms with E-state index in [1.807, 2.05) is 18.4 Å². The van der Waals surface area contributed by atoms with Gasteiger partial charge in [-0.2, -0.15) is 11.3 Å². The largest absolute Gasteiger partial charge is 0.313 e. The first-order chi connectivity index (χ1) is 8.22. The molecule has 0 saturated heterocycles. The molecule has 1 aromatic carbocycles. The van der Waals surface area contributed by atoms with Crippen LogP contribution in [0.25, 0.3) is 11.1 Å². The predicted molar refractivity (Wildman–Crippen MR) is 74.8 cm³/mol. The van der Waals surface area contributed by atoms with Crippen molar-refractivity contribution < 1.29 is 4.39 Å². The van der Waals surface area contributed by atoms with Crippen molar-refractivity contribution in [2.45, 2.75) is 13.5 Å². The van der Waals surface area contributed by atoms with Crippen molar-refractivity contribution in [3.63, 3.8) is 0 Å². The van der Waals surface area contributed by atoms with E-state index in [2.05, 4.69) is 26.6 Å². The van der Waals surface area contributed by atoms with E-state index >= 15 is 0 Å². The molecule has 0 amide bonds.